The Morgan fingerprint density at radius 2 is 1.79 bits per heavy atom. The molecule has 3 heterocycles. The molecule has 152 valence electrons. The molecule has 1 fully saturated rings. The fraction of sp³-hybridized carbons (Fsp3) is 0.300. The number of rotatable bonds is 4. The molecule has 1 saturated heterocycles. The van der Waals surface area contributed by atoms with E-state index in [0.717, 1.165) is 23.9 Å². The predicted molar refractivity (Wildman–Crippen MR) is 108 cm³/mol. The van der Waals surface area contributed by atoms with Gasteiger partial charge in [-0.25, -0.2) is 4.31 Å². The van der Waals surface area contributed by atoms with Crippen molar-refractivity contribution in [1.82, 2.24) is 14.1 Å². The summed E-state index contributed by atoms with van der Waals surface area (Å²) < 4.78 is 34.8. The maximum absolute atomic E-state index is 13.1. The molecule has 1 aromatic carbocycles. The first-order valence-corrected chi connectivity index (χ1v) is 10.7. The van der Waals surface area contributed by atoms with E-state index < -0.39 is 10.2 Å². The number of furan rings is 1. The molecule has 2 aromatic rings. The van der Waals surface area contributed by atoms with Crippen LogP contribution in [0, 0.1) is 0 Å². The Labute approximate surface area is 169 Å². The van der Waals surface area contributed by atoms with E-state index in [1.807, 2.05) is 18.2 Å². The minimum absolute atomic E-state index is 0.0721. The Hall–Kier alpha value is -2.91. The lowest BCUT2D eigenvalue weighted by Crippen LogP contribution is -2.50. The van der Waals surface area contributed by atoms with Gasteiger partial charge in [0.25, 0.3) is 5.91 Å². The van der Waals surface area contributed by atoms with Gasteiger partial charge >= 0.3 is 10.2 Å². The van der Waals surface area contributed by atoms with E-state index in [9.17, 15) is 13.2 Å². The van der Waals surface area contributed by atoms with E-state index in [-0.39, 0.29) is 17.3 Å². The van der Waals surface area contributed by atoms with E-state index >= 15 is 0 Å². The number of allylic oxidation sites excluding steroid dienone is 1. The molecule has 9 heteroatoms. The first-order valence-electron chi connectivity index (χ1n) is 9.34. The summed E-state index contributed by atoms with van der Waals surface area (Å²) in [5.74, 6) is -0.0194. The van der Waals surface area contributed by atoms with E-state index in [4.69, 9.17) is 4.42 Å². The van der Waals surface area contributed by atoms with Gasteiger partial charge in [0.05, 0.1) is 6.26 Å². The third kappa shape index (κ3) is 4.10. The van der Waals surface area contributed by atoms with Crippen LogP contribution in [-0.4, -0.2) is 67.4 Å². The number of hydrogen-bond donors (Lipinski definition) is 0. The highest BCUT2D eigenvalue weighted by Crippen LogP contribution is 2.22. The number of carbonyl (C=O) groups excluding carboxylic acids is 1. The van der Waals surface area contributed by atoms with Crippen molar-refractivity contribution < 1.29 is 17.6 Å². The zero-order chi connectivity index (χ0) is 20.4. The van der Waals surface area contributed by atoms with Crippen molar-refractivity contribution in [3.05, 3.63) is 71.8 Å². The van der Waals surface area contributed by atoms with Crippen molar-refractivity contribution in [3.8, 4) is 0 Å². The molecule has 8 nitrogen and oxygen atoms in total. The third-order valence-electron chi connectivity index (χ3n) is 5.07. The van der Waals surface area contributed by atoms with E-state index in [1.165, 1.54) is 25.0 Å². The molecule has 0 atom stereocenters. The van der Waals surface area contributed by atoms with Gasteiger partial charge in [0, 0.05) is 39.8 Å². The number of amides is 1. The standard InChI is InChI=1S/C20H22N4O4S/c1-22-18(14-17(21-29(22,26)27)19-8-5-13-28-19)20(25)24-11-9-23(10-12-24)15-16-6-3-2-4-7-16/h2-8,13-14H,9-12,15H2,1H3. The second kappa shape index (κ2) is 7.84. The predicted octanol–water partition coefficient (Wildman–Crippen LogP) is 1.49. The SMILES string of the molecule is CN1C(C(=O)N2CCN(Cc3ccccc3)CC2)=CC(c2ccco2)=NS1(=O)=O. The van der Waals surface area contributed by atoms with Crippen LogP contribution in [0.5, 0.6) is 0 Å². The maximum atomic E-state index is 13.1. The van der Waals surface area contributed by atoms with Gasteiger partial charge < -0.3 is 9.32 Å². The molecule has 0 unspecified atom stereocenters. The van der Waals surface area contributed by atoms with Gasteiger partial charge in [-0.3, -0.25) is 9.69 Å². The van der Waals surface area contributed by atoms with Gasteiger partial charge in [-0.15, -0.1) is 4.40 Å². The number of nitrogens with zero attached hydrogens (tertiary/aromatic N) is 4. The Morgan fingerprint density at radius 1 is 1.07 bits per heavy atom. The molecule has 0 aliphatic carbocycles. The second-order valence-electron chi connectivity index (χ2n) is 6.98. The van der Waals surface area contributed by atoms with Crippen LogP contribution < -0.4 is 0 Å². The molecule has 1 amide bonds. The average Bonchev–Trinajstić information content (AvgIpc) is 3.26. The second-order valence-corrected chi connectivity index (χ2v) is 8.61. The van der Waals surface area contributed by atoms with Crippen molar-refractivity contribution in [1.29, 1.82) is 0 Å². The Bertz CT molecular complexity index is 1040. The molecule has 2 aliphatic rings. The van der Waals surface area contributed by atoms with Crippen molar-refractivity contribution in [2.45, 2.75) is 6.54 Å². The minimum Gasteiger partial charge on any atom is -0.463 e. The highest BCUT2D eigenvalue weighted by atomic mass is 32.2. The van der Waals surface area contributed by atoms with Crippen molar-refractivity contribution in [2.24, 2.45) is 4.40 Å². The van der Waals surface area contributed by atoms with Gasteiger partial charge in [0.1, 0.15) is 11.4 Å². The van der Waals surface area contributed by atoms with Gasteiger partial charge in [-0.05, 0) is 23.8 Å². The number of benzene rings is 1. The molecule has 0 spiro atoms. The Kier molecular flexibility index (Phi) is 5.25. The summed E-state index contributed by atoms with van der Waals surface area (Å²) in [7, 11) is -2.65. The van der Waals surface area contributed by atoms with Crippen molar-refractivity contribution in [2.75, 3.05) is 33.2 Å². The molecule has 0 saturated carbocycles. The van der Waals surface area contributed by atoms with Crippen molar-refractivity contribution >= 4 is 21.8 Å². The van der Waals surface area contributed by atoms with Crippen LogP contribution in [0.3, 0.4) is 0 Å². The summed E-state index contributed by atoms with van der Waals surface area (Å²) in [4.78, 5) is 17.0. The normalized spacial score (nSPS) is 19.6. The minimum atomic E-state index is -3.99. The molecule has 2 aliphatic heterocycles. The molecule has 0 N–H and O–H groups in total. The Morgan fingerprint density at radius 3 is 2.45 bits per heavy atom. The van der Waals surface area contributed by atoms with Crippen LogP contribution in [-0.2, 0) is 21.5 Å². The van der Waals surface area contributed by atoms with Crippen LogP contribution in [0.15, 0.2) is 69.3 Å². The fourth-order valence-corrected chi connectivity index (χ4v) is 4.30. The Balaban J connectivity index is 1.47. The first kappa shape index (κ1) is 19.4. The molecule has 0 bridgehead atoms. The highest BCUT2D eigenvalue weighted by Gasteiger charge is 2.34. The van der Waals surface area contributed by atoms with Crippen molar-refractivity contribution in [3.63, 3.8) is 0 Å². The number of piperazine rings is 1. The average molecular weight is 414 g/mol. The molecule has 1 aromatic heterocycles. The van der Waals surface area contributed by atoms with Gasteiger partial charge in [0.15, 0.2) is 5.76 Å². The summed E-state index contributed by atoms with van der Waals surface area (Å²) in [5.41, 5.74) is 1.43. The number of likely N-dealkylation sites (N-methyl/N-ethyl adjacent to an activating group) is 1. The van der Waals surface area contributed by atoms with E-state index in [1.54, 1.807) is 17.0 Å². The zero-order valence-electron chi connectivity index (χ0n) is 16.1. The monoisotopic (exact) mass is 414 g/mol. The van der Waals surface area contributed by atoms with Crippen LogP contribution in [0.1, 0.15) is 11.3 Å². The van der Waals surface area contributed by atoms with Gasteiger partial charge in [-0.2, -0.15) is 8.42 Å². The largest absolute Gasteiger partial charge is 0.463 e. The van der Waals surface area contributed by atoms with Gasteiger partial charge in [-0.1, -0.05) is 30.3 Å². The highest BCUT2D eigenvalue weighted by molar-refractivity contribution is 7.88. The fourth-order valence-electron chi connectivity index (χ4n) is 3.41. The smallest absolute Gasteiger partial charge is 0.345 e. The zero-order valence-corrected chi connectivity index (χ0v) is 16.9. The van der Waals surface area contributed by atoms with Crippen LogP contribution in [0.2, 0.25) is 0 Å². The van der Waals surface area contributed by atoms with Crippen LogP contribution in [0.25, 0.3) is 0 Å². The molecular formula is C20H22N4O4S. The number of carbonyl (C=O) groups is 1. The maximum Gasteiger partial charge on any atom is 0.345 e. The lowest BCUT2D eigenvalue weighted by molar-refractivity contribution is -0.129. The van der Waals surface area contributed by atoms with E-state index in [2.05, 4.69) is 21.4 Å². The molecule has 29 heavy (non-hydrogen) atoms. The summed E-state index contributed by atoms with van der Waals surface area (Å²) in [5, 5.41) is 0. The number of hydrogen-bond acceptors (Lipinski definition) is 5. The summed E-state index contributed by atoms with van der Waals surface area (Å²) >= 11 is 0. The summed E-state index contributed by atoms with van der Waals surface area (Å²) in [6.07, 6.45) is 2.91. The van der Waals surface area contributed by atoms with Crippen LogP contribution >= 0.6 is 0 Å². The third-order valence-corrected chi connectivity index (χ3v) is 6.39. The molecular weight excluding hydrogens is 392 g/mol. The lowest BCUT2D eigenvalue weighted by Gasteiger charge is -2.36. The first-order chi connectivity index (χ1) is 13.9. The van der Waals surface area contributed by atoms with Gasteiger partial charge in [0.2, 0.25) is 0 Å². The van der Waals surface area contributed by atoms with E-state index in [0.29, 0.717) is 18.8 Å². The van der Waals surface area contributed by atoms with Crippen LogP contribution in [0.4, 0.5) is 0 Å². The lowest BCUT2D eigenvalue weighted by atomic mass is 10.2. The quantitative estimate of drug-likeness (QED) is 0.757. The summed E-state index contributed by atoms with van der Waals surface area (Å²) in [6.45, 7) is 3.34. The molecule has 4 rings (SSSR count). The summed E-state index contributed by atoms with van der Waals surface area (Å²) in [6, 6.07) is 13.4. The molecule has 0 radical (unpaired) electrons. The topological polar surface area (TPSA) is 86.4 Å².